The third kappa shape index (κ3) is 5.55. The van der Waals surface area contributed by atoms with E-state index in [4.69, 9.17) is 4.74 Å². The molecule has 1 N–H and O–H groups in total. The number of ether oxygens (including phenoxy) is 1. The number of hydrogen-bond acceptors (Lipinski definition) is 5. The highest BCUT2D eigenvalue weighted by Crippen LogP contribution is 2.30. The van der Waals surface area contributed by atoms with E-state index in [0.29, 0.717) is 28.0 Å². The standard InChI is InChI=1S/C20H16BrNO4S/c21-15-11-14(12-17-19(24)22-20(25)27-17)9-10-16(15)26-18(23)8-4-7-13-5-2-1-3-6-13/h1-3,5-6,9-12H,4,7-8H2,(H,22,24,25)/b17-12-. The van der Waals surface area contributed by atoms with Gasteiger partial charge in [0, 0.05) is 6.42 Å². The SMILES string of the molecule is O=C(CCCc1ccccc1)Oc1ccc(/C=C2\SC(=O)NC2=O)cc1Br. The van der Waals surface area contributed by atoms with Crippen molar-refractivity contribution in [3.8, 4) is 5.75 Å². The van der Waals surface area contributed by atoms with Gasteiger partial charge in [-0.15, -0.1) is 0 Å². The fourth-order valence-electron chi connectivity index (χ4n) is 2.52. The van der Waals surface area contributed by atoms with Crippen molar-refractivity contribution >= 4 is 50.9 Å². The Kier molecular flexibility index (Phi) is 6.47. The summed E-state index contributed by atoms with van der Waals surface area (Å²) in [5.74, 6) is -0.287. The molecule has 7 heteroatoms. The van der Waals surface area contributed by atoms with Crippen molar-refractivity contribution in [3.05, 3.63) is 69.0 Å². The Balaban J connectivity index is 1.56. The molecule has 27 heavy (non-hydrogen) atoms. The van der Waals surface area contributed by atoms with Gasteiger partial charge in [-0.2, -0.15) is 0 Å². The van der Waals surface area contributed by atoms with Crippen LogP contribution in [-0.2, 0) is 16.0 Å². The van der Waals surface area contributed by atoms with Crippen LogP contribution in [0.4, 0.5) is 4.79 Å². The molecule has 1 heterocycles. The normalized spacial score (nSPS) is 15.1. The number of aryl methyl sites for hydroxylation is 1. The summed E-state index contributed by atoms with van der Waals surface area (Å²) in [7, 11) is 0. The molecule has 0 aromatic heterocycles. The second-order valence-corrected chi connectivity index (χ2v) is 7.72. The van der Waals surface area contributed by atoms with E-state index in [1.165, 1.54) is 5.56 Å². The van der Waals surface area contributed by atoms with E-state index in [-0.39, 0.29) is 11.2 Å². The van der Waals surface area contributed by atoms with E-state index in [9.17, 15) is 14.4 Å². The van der Waals surface area contributed by atoms with Crippen LogP contribution in [0, 0.1) is 0 Å². The average molecular weight is 446 g/mol. The minimum Gasteiger partial charge on any atom is -0.425 e. The molecule has 0 atom stereocenters. The van der Waals surface area contributed by atoms with Crippen molar-refractivity contribution in [1.29, 1.82) is 0 Å². The number of esters is 1. The number of benzene rings is 2. The second kappa shape index (κ2) is 9.01. The topological polar surface area (TPSA) is 72.5 Å². The first-order valence-corrected chi connectivity index (χ1v) is 9.91. The average Bonchev–Trinajstić information content (AvgIpc) is 2.95. The Morgan fingerprint density at radius 3 is 2.59 bits per heavy atom. The van der Waals surface area contributed by atoms with Gasteiger partial charge >= 0.3 is 5.97 Å². The molecule has 1 saturated heterocycles. The van der Waals surface area contributed by atoms with Crippen LogP contribution in [0.15, 0.2) is 57.9 Å². The number of rotatable bonds is 6. The molecule has 0 aliphatic carbocycles. The van der Waals surface area contributed by atoms with Crippen molar-refractivity contribution < 1.29 is 19.1 Å². The third-order valence-electron chi connectivity index (χ3n) is 3.81. The summed E-state index contributed by atoms with van der Waals surface area (Å²) in [6, 6.07) is 15.1. The van der Waals surface area contributed by atoms with Crippen LogP contribution in [0.1, 0.15) is 24.0 Å². The molecule has 1 aliphatic heterocycles. The van der Waals surface area contributed by atoms with Crippen LogP contribution in [0.5, 0.6) is 5.75 Å². The zero-order valence-corrected chi connectivity index (χ0v) is 16.6. The van der Waals surface area contributed by atoms with Crippen molar-refractivity contribution in [2.45, 2.75) is 19.3 Å². The van der Waals surface area contributed by atoms with Gasteiger partial charge in [0.1, 0.15) is 5.75 Å². The van der Waals surface area contributed by atoms with Crippen LogP contribution in [0.3, 0.4) is 0 Å². The molecule has 0 unspecified atom stereocenters. The summed E-state index contributed by atoms with van der Waals surface area (Å²) in [6.45, 7) is 0. The first-order chi connectivity index (χ1) is 13.0. The Bertz CT molecular complexity index is 911. The number of nitrogens with one attached hydrogen (secondary N) is 1. The maximum Gasteiger partial charge on any atom is 0.311 e. The minimum absolute atomic E-state index is 0.297. The monoisotopic (exact) mass is 445 g/mol. The lowest BCUT2D eigenvalue weighted by atomic mass is 10.1. The molecule has 3 rings (SSSR count). The van der Waals surface area contributed by atoms with Gasteiger partial charge in [0.05, 0.1) is 9.38 Å². The van der Waals surface area contributed by atoms with E-state index in [0.717, 1.165) is 23.7 Å². The molecule has 0 radical (unpaired) electrons. The van der Waals surface area contributed by atoms with Crippen LogP contribution in [0.25, 0.3) is 6.08 Å². The number of amides is 2. The number of halogens is 1. The highest BCUT2D eigenvalue weighted by atomic mass is 79.9. The Labute approximate surface area is 169 Å². The molecule has 5 nitrogen and oxygen atoms in total. The highest BCUT2D eigenvalue weighted by Gasteiger charge is 2.25. The lowest BCUT2D eigenvalue weighted by molar-refractivity contribution is -0.134. The summed E-state index contributed by atoms with van der Waals surface area (Å²) in [6.07, 6.45) is 3.47. The van der Waals surface area contributed by atoms with Crippen LogP contribution < -0.4 is 10.1 Å². The molecule has 0 bridgehead atoms. The molecule has 1 fully saturated rings. The molecule has 1 aliphatic rings. The summed E-state index contributed by atoms with van der Waals surface area (Å²) >= 11 is 4.23. The molecule has 2 aromatic rings. The zero-order valence-electron chi connectivity index (χ0n) is 14.2. The van der Waals surface area contributed by atoms with Crippen LogP contribution >= 0.6 is 27.7 Å². The van der Waals surface area contributed by atoms with Crippen molar-refractivity contribution in [2.75, 3.05) is 0 Å². The largest absolute Gasteiger partial charge is 0.425 e. The number of thioether (sulfide) groups is 1. The maximum atomic E-state index is 12.0. The second-order valence-electron chi connectivity index (χ2n) is 5.86. The fourth-order valence-corrected chi connectivity index (χ4v) is 3.68. The van der Waals surface area contributed by atoms with Crippen LogP contribution in [0.2, 0.25) is 0 Å². The molecular formula is C20H16BrNO4S. The summed E-state index contributed by atoms with van der Waals surface area (Å²) in [4.78, 5) is 35.2. The zero-order chi connectivity index (χ0) is 19.2. The van der Waals surface area contributed by atoms with E-state index in [1.54, 1.807) is 24.3 Å². The lowest BCUT2D eigenvalue weighted by Crippen LogP contribution is -2.17. The Morgan fingerprint density at radius 1 is 1.15 bits per heavy atom. The van der Waals surface area contributed by atoms with Gasteiger partial charge in [0.25, 0.3) is 11.1 Å². The highest BCUT2D eigenvalue weighted by molar-refractivity contribution is 9.10. The van der Waals surface area contributed by atoms with Crippen molar-refractivity contribution in [2.24, 2.45) is 0 Å². The Hall–Kier alpha value is -2.38. The summed E-state index contributed by atoms with van der Waals surface area (Å²) in [5.41, 5.74) is 1.91. The van der Waals surface area contributed by atoms with Gasteiger partial charge < -0.3 is 4.74 Å². The van der Waals surface area contributed by atoms with Crippen LogP contribution in [-0.4, -0.2) is 17.1 Å². The lowest BCUT2D eigenvalue weighted by Gasteiger charge is -2.07. The van der Waals surface area contributed by atoms with Gasteiger partial charge in [0.2, 0.25) is 0 Å². The maximum absolute atomic E-state index is 12.0. The summed E-state index contributed by atoms with van der Waals surface area (Å²) < 4.78 is 6.00. The van der Waals surface area contributed by atoms with E-state index >= 15 is 0 Å². The number of hydrogen-bond donors (Lipinski definition) is 1. The first-order valence-electron chi connectivity index (χ1n) is 8.30. The van der Waals surface area contributed by atoms with Gasteiger partial charge in [-0.1, -0.05) is 36.4 Å². The number of imide groups is 1. The molecule has 0 spiro atoms. The van der Waals surface area contributed by atoms with Gasteiger partial charge in [0.15, 0.2) is 0 Å². The first kappa shape index (κ1) is 19.4. The van der Waals surface area contributed by atoms with E-state index in [2.05, 4.69) is 21.2 Å². The predicted octanol–water partition coefficient (Wildman–Crippen LogP) is 4.70. The molecule has 0 saturated carbocycles. The molecular weight excluding hydrogens is 430 g/mol. The molecule has 138 valence electrons. The number of carbonyl (C=O) groups is 3. The van der Waals surface area contributed by atoms with Gasteiger partial charge in [-0.25, -0.2) is 0 Å². The van der Waals surface area contributed by atoms with E-state index < -0.39 is 5.91 Å². The van der Waals surface area contributed by atoms with Crippen molar-refractivity contribution in [1.82, 2.24) is 5.32 Å². The van der Waals surface area contributed by atoms with Gasteiger partial charge in [-0.05, 0) is 69.9 Å². The predicted molar refractivity (Wildman–Crippen MR) is 108 cm³/mol. The number of carbonyl (C=O) groups excluding carboxylic acids is 3. The molecule has 2 amide bonds. The van der Waals surface area contributed by atoms with Crippen molar-refractivity contribution in [3.63, 3.8) is 0 Å². The Morgan fingerprint density at radius 2 is 1.93 bits per heavy atom. The van der Waals surface area contributed by atoms with E-state index in [1.807, 2.05) is 30.3 Å². The molecule has 2 aromatic carbocycles. The quantitative estimate of drug-likeness (QED) is 0.396. The minimum atomic E-state index is -0.407. The summed E-state index contributed by atoms with van der Waals surface area (Å²) in [5, 5.41) is 1.82. The third-order valence-corrected chi connectivity index (χ3v) is 5.24. The fraction of sp³-hybridized carbons (Fsp3) is 0.150. The van der Waals surface area contributed by atoms with Gasteiger partial charge in [-0.3, -0.25) is 19.7 Å². The smallest absolute Gasteiger partial charge is 0.311 e.